The van der Waals surface area contributed by atoms with Crippen molar-refractivity contribution in [3.63, 3.8) is 0 Å². The summed E-state index contributed by atoms with van der Waals surface area (Å²) in [4.78, 5) is 0. The van der Waals surface area contributed by atoms with Crippen molar-refractivity contribution < 1.29 is 13.5 Å². The number of benzene rings is 1. The molecule has 0 spiro atoms. The second-order valence-electron chi connectivity index (χ2n) is 3.60. The second-order valence-corrected chi connectivity index (χ2v) is 5.68. The van der Waals surface area contributed by atoms with Gasteiger partial charge in [-0.3, -0.25) is 0 Å². The number of rotatable bonds is 5. The van der Waals surface area contributed by atoms with Crippen molar-refractivity contribution in [1.29, 1.82) is 0 Å². The van der Waals surface area contributed by atoms with E-state index in [1.807, 2.05) is 0 Å². The normalized spacial score (nSPS) is 14.1. The van der Waals surface area contributed by atoms with E-state index in [0.29, 0.717) is 5.02 Å². The first-order valence-electron chi connectivity index (χ1n) is 5.00. The van der Waals surface area contributed by atoms with Crippen LogP contribution < -0.4 is 4.72 Å². The van der Waals surface area contributed by atoms with E-state index >= 15 is 0 Å². The van der Waals surface area contributed by atoms with Gasteiger partial charge in [0.25, 0.3) is 0 Å². The van der Waals surface area contributed by atoms with Crippen molar-refractivity contribution in [3.05, 3.63) is 40.3 Å². The Balaban J connectivity index is 2.67. The van der Waals surface area contributed by atoms with Gasteiger partial charge in [-0.15, -0.1) is 0 Å². The third-order valence-corrected chi connectivity index (χ3v) is 3.20. The third kappa shape index (κ3) is 5.83. The van der Waals surface area contributed by atoms with Crippen molar-refractivity contribution in [2.75, 3.05) is 6.54 Å². The van der Waals surface area contributed by atoms with E-state index in [2.05, 4.69) is 4.72 Å². The van der Waals surface area contributed by atoms with Crippen molar-refractivity contribution in [1.82, 2.24) is 4.72 Å². The molecule has 0 aliphatic rings. The van der Waals surface area contributed by atoms with Gasteiger partial charge in [-0.05, 0) is 30.7 Å². The summed E-state index contributed by atoms with van der Waals surface area (Å²) in [6.45, 7) is 1.50. The van der Waals surface area contributed by atoms with Crippen molar-refractivity contribution in [2.45, 2.75) is 13.0 Å². The molecule has 0 saturated carbocycles. The number of halogens is 1. The van der Waals surface area contributed by atoms with Crippen molar-refractivity contribution >= 4 is 27.7 Å². The molecule has 4 nitrogen and oxygen atoms in total. The van der Waals surface area contributed by atoms with Gasteiger partial charge < -0.3 is 5.11 Å². The molecule has 0 fully saturated rings. The number of sulfonamides is 1. The van der Waals surface area contributed by atoms with Gasteiger partial charge in [-0.1, -0.05) is 23.7 Å². The maximum Gasteiger partial charge on any atom is 0.233 e. The van der Waals surface area contributed by atoms with Crippen LogP contribution in [0.2, 0.25) is 5.02 Å². The fraction of sp³-hybridized carbons (Fsp3) is 0.273. The molecular weight excluding hydrogens is 262 g/mol. The Morgan fingerprint density at radius 3 is 2.53 bits per heavy atom. The highest BCUT2D eigenvalue weighted by molar-refractivity contribution is 7.92. The average molecular weight is 276 g/mol. The molecule has 6 heteroatoms. The fourth-order valence-corrected chi connectivity index (χ4v) is 2.06. The molecular formula is C11H14ClNO3S. The van der Waals surface area contributed by atoms with Crippen LogP contribution >= 0.6 is 11.6 Å². The molecule has 0 heterocycles. The predicted octanol–water partition coefficient (Wildman–Crippen LogP) is 1.61. The first-order chi connectivity index (χ1) is 7.89. The fourth-order valence-electron chi connectivity index (χ4n) is 1.03. The minimum Gasteiger partial charge on any atom is -0.392 e. The number of aliphatic hydroxyl groups excluding tert-OH is 1. The number of aliphatic hydroxyl groups is 1. The van der Waals surface area contributed by atoms with Gasteiger partial charge in [0.2, 0.25) is 10.0 Å². The minimum atomic E-state index is -3.51. The lowest BCUT2D eigenvalue weighted by Gasteiger charge is -2.04. The predicted molar refractivity (Wildman–Crippen MR) is 69.1 cm³/mol. The molecule has 1 atom stereocenters. The first kappa shape index (κ1) is 14.2. The summed E-state index contributed by atoms with van der Waals surface area (Å²) in [6, 6.07) is 6.78. The van der Waals surface area contributed by atoms with E-state index < -0.39 is 16.1 Å². The summed E-state index contributed by atoms with van der Waals surface area (Å²) >= 11 is 5.70. The summed E-state index contributed by atoms with van der Waals surface area (Å²) in [6.07, 6.45) is 0.745. The largest absolute Gasteiger partial charge is 0.392 e. The molecule has 0 bridgehead atoms. The van der Waals surface area contributed by atoms with Gasteiger partial charge in [0, 0.05) is 17.0 Å². The van der Waals surface area contributed by atoms with Crippen molar-refractivity contribution in [2.24, 2.45) is 0 Å². The SMILES string of the molecule is CC(O)CNS(=O)(=O)/C=C/c1ccc(Cl)cc1. The maximum atomic E-state index is 11.4. The first-order valence-corrected chi connectivity index (χ1v) is 6.93. The summed E-state index contributed by atoms with van der Waals surface area (Å²) in [5.74, 6) is 0. The molecule has 0 saturated heterocycles. The molecule has 1 aromatic carbocycles. The quantitative estimate of drug-likeness (QED) is 0.858. The third-order valence-electron chi connectivity index (χ3n) is 1.89. The Kier molecular flexibility index (Phi) is 5.14. The van der Waals surface area contributed by atoms with Crippen LogP contribution in [0, 0.1) is 0 Å². The molecule has 0 aliphatic carbocycles. The molecule has 0 aliphatic heterocycles. The van der Waals surface area contributed by atoms with Crippen LogP contribution in [0.5, 0.6) is 0 Å². The summed E-state index contributed by atoms with van der Waals surface area (Å²) < 4.78 is 25.1. The summed E-state index contributed by atoms with van der Waals surface area (Å²) in [5.41, 5.74) is 0.733. The van der Waals surface area contributed by atoms with Crippen LogP contribution in [0.3, 0.4) is 0 Å². The Hall–Kier alpha value is -0.880. The monoisotopic (exact) mass is 275 g/mol. The number of hydrogen-bond donors (Lipinski definition) is 2. The smallest absolute Gasteiger partial charge is 0.233 e. The lowest BCUT2D eigenvalue weighted by atomic mass is 10.2. The summed E-state index contributed by atoms with van der Waals surface area (Å²) in [5, 5.41) is 10.6. The standard InChI is InChI=1S/C11H14ClNO3S/c1-9(14)8-13-17(15,16)7-6-10-2-4-11(12)5-3-10/h2-7,9,13-14H,8H2,1H3/b7-6+. The lowest BCUT2D eigenvalue weighted by molar-refractivity contribution is 0.199. The van der Waals surface area contributed by atoms with Gasteiger partial charge in [-0.25, -0.2) is 13.1 Å². The number of hydrogen-bond acceptors (Lipinski definition) is 3. The van der Waals surface area contributed by atoms with Gasteiger partial charge in [0.1, 0.15) is 0 Å². The topological polar surface area (TPSA) is 66.4 Å². The Bertz CT molecular complexity index is 480. The maximum absolute atomic E-state index is 11.4. The van der Waals surface area contributed by atoms with Crippen LogP contribution in [0.15, 0.2) is 29.7 Å². The zero-order valence-corrected chi connectivity index (χ0v) is 10.9. The van der Waals surface area contributed by atoms with E-state index in [1.54, 1.807) is 24.3 Å². The molecule has 1 rings (SSSR count). The van der Waals surface area contributed by atoms with Gasteiger partial charge >= 0.3 is 0 Å². The van der Waals surface area contributed by atoms with E-state index in [9.17, 15) is 8.42 Å². The van der Waals surface area contributed by atoms with Crippen LogP contribution in [-0.4, -0.2) is 26.2 Å². The van der Waals surface area contributed by atoms with Crippen LogP contribution in [0.1, 0.15) is 12.5 Å². The average Bonchev–Trinajstić information content (AvgIpc) is 2.26. The molecule has 2 N–H and O–H groups in total. The molecule has 1 aromatic rings. The van der Waals surface area contributed by atoms with Crippen LogP contribution in [0.25, 0.3) is 6.08 Å². The van der Waals surface area contributed by atoms with E-state index in [0.717, 1.165) is 11.0 Å². The zero-order chi connectivity index (χ0) is 12.9. The van der Waals surface area contributed by atoms with E-state index in [4.69, 9.17) is 16.7 Å². The second kappa shape index (κ2) is 6.16. The van der Waals surface area contributed by atoms with E-state index in [1.165, 1.54) is 13.0 Å². The van der Waals surface area contributed by atoms with Crippen LogP contribution in [0.4, 0.5) is 0 Å². The molecule has 1 unspecified atom stereocenters. The lowest BCUT2D eigenvalue weighted by Crippen LogP contribution is -2.28. The van der Waals surface area contributed by atoms with E-state index in [-0.39, 0.29) is 6.54 Å². The highest BCUT2D eigenvalue weighted by Gasteiger charge is 2.05. The number of nitrogens with one attached hydrogen (secondary N) is 1. The molecule has 0 aromatic heterocycles. The molecule has 17 heavy (non-hydrogen) atoms. The Morgan fingerprint density at radius 1 is 1.41 bits per heavy atom. The van der Waals surface area contributed by atoms with Crippen LogP contribution in [-0.2, 0) is 10.0 Å². The zero-order valence-electron chi connectivity index (χ0n) is 9.30. The van der Waals surface area contributed by atoms with Gasteiger partial charge in [-0.2, -0.15) is 0 Å². The van der Waals surface area contributed by atoms with Crippen molar-refractivity contribution in [3.8, 4) is 0 Å². The highest BCUT2D eigenvalue weighted by Crippen LogP contribution is 2.10. The Labute approximate surface area is 106 Å². The minimum absolute atomic E-state index is 0.00666. The molecule has 0 radical (unpaired) electrons. The Morgan fingerprint density at radius 2 is 2.00 bits per heavy atom. The highest BCUT2D eigenvalue weighted by atomic mass is 35.5. The molecule has 0 amide bonds. The van der Waals surface area contributed by atoms with Gasteiger partial charge in [0.05, 0.1) is 6.10 Å². The molecule has 94 valence electrons. The van der Waals surface area contributed by atoms with Gasteiger partial charge in [0.15, 0.2) is 0 Å². The summed E-state index contributed by atoms with van der Waals surface area (Å²) in [7, 11) is -3.51.